The van der Waals surface area contributed by atoms with Crippen LogP contribution >= 0.6 is 0 Å². The average molecular weight is 169 g/mol. The first-order valence-electron chi connectivity index (χ1n) is 3.48. The van der Waals surface area contributed by atoms with Gasteiger partial charge in [0.25, 0.3) is 0 Å². The third-order valence-electron chi connectivity index (χ3n) is 1.61. The summed E-state index contributed by atoms with van der Waals surface area (Å²) < 4.78 is 25.7. The minimum absolute atomic E-state index is 0.215. The Kier molecular flexibility index (Phi) is 2.53. The molecule has 1 rings (SSSR count). The molecule has 1 unspecified atom stereocenters. The number of hydrogen-bond donors (Lipinski definition) is 0. The van der Waals surface area contributed by atoms with Gasteiger partial charge in [-0.15, -0.1) is 0 Å². The molecule has 3 heteroatoms. The van der Waals surface area contributed by atoms with Crippen LogP contribution in [-0.4, -0.2) is 6.29 Å². The van der Waals surface area contributed by atoms with E-state index < -0.39 is 17.6 Å². The molecule has 0 aliphatic heterocycles. The van der Waals surface area contributed by atoms with E-state index in [1.807, 2.05) is 0 Å². The lowest BCUT2D eigenvalue weighted by Crippen LogP contribution is -2.01. The van der Waals surface area contributed by atoms with Gasteiger partial charge in [0.15, 0.2) is 0 Å². The Hall–Kier alpha value is -1.25. The van der Waals surface area contributed by atoms with Crippen molar-refractivity contribution in [2.24, 2.45) is 0 Å². The molecule has 0 saturated carbocycles. The van der Waals surface area contributed by atoms with E-state index in [4.69, 9.17) is 0 Å². The fourth-order valence-electron chi connectivity index (χ4n) is 0.983. The largest absolute Gasteiger partial charge is 0.290 e. The second-order valence-electron chi connectivity index (χ2n) is 2.47. The number of halogens is 2. The quantitative estimate of drug-likeness (QED) is 0.663. The Morgan fingerprint density at radius 3 is 2.25 bits per heavy atom. The summed E-state index contributed by atoms with van der Waals surface area (Å²) in [5, 5.41) is 0. The van der Waals surface area contributed by atoms with E-state index in [0.717, 1.165) is 12.1 Å². The summed E-state index contributed by atoms with van der Waals surface area (Å²) in [6.45, 7) is 1.40. The fraction of sp³-hybridized carbons (Fsp3) is 0.222. The van der Waals surface area contributed by atoms with E-state index in [-0.39, 0.29) is 5.56 Å². The molecule has 0 saturated heterocycles. The molecule has 0 aromatic heterocycles. The average Bonchev–Trinajstić information content (AvgIpc) is 2.03. The summed E-state index contributed by atoms with van der Waals surface area (Å²) in [6.07, 6.45) is 1.53. The second-order valence-corrected chi connectivity index (χ2v) is 2.47. The molecule has 1 aromatic carbocycles. The number of rotatable bonds is 2. The Bertz CT molecular complexity index is 276. The predicted octanol–water partition coefficient (Wildman–Crippen LogP) is 2.18. The topological polar surface area (TPSA) is 17.1 Å². The highest BCUT2D eigenvalue weighted by molar-refractivity contribution is 5.62. The first-order chi connectivity index (χ1) is 5.66. The zero-order valence-corrected chi connectivity index (χ0v) is 6.47. The van der Waals surface area contributed by atoms with Gasteiger partial charge in [-0.1, -0.05) is 13.0 Å². The van der Waals surface area contributed by atoms with Crippen molar-refractivity contribution in [3.05, 3.63) is 35.4 Å². The lowest BCUT2D eigenvalue weighted by molar-refractivity contribution is 0.524. The molecule has 0 fully saturated rings. The van der Waals surface area contributed by atoms with Crippen LogP contribution in [0, 0.1) is 11.6 Å². The fourth-order valence-corrected chi connectivity index (χ4v) is 0.983. The van der Waals surface area contributed by atoms with Crippen molar-refractivity contribution >= 4 is 6.29 Å². The second kappa shape index (κ2) is 3.43. The molecule has 0 heterocycles. The maximum Gasteiger partial charge on any atom is 0.206 e. The molecule has 1 radical (unpaired) electrons. The summed E-state index contributed by atoms with van der Waals surface area (Å²) in [5.74, 6) is -2.26. The van der Waals surface area contributed by atoms with Crippen LogP contribution in [0.1, 0.15) is 18.4 Å². The summed E-state index contributed by atoms with van der Waals surface area (Å²) in [4.78, 5) is 10.2. The van der Waals surface area contributed by atoms with Crippen molar-refractivity contribution in [2.45, 2.75) is 12.8 Å². The smallest absolute Gasteiger partial charge is 0.206 e. The highest BCUT2D eigenvalue weighted by atomic mass is 19.1. The summed E-state index contributed by atoms with van der Waals surface area (Å²) in [5.41, 5.74) is -0.215. The van der Waals surface area contributed by atoms with Crippen molar-refractivity contribution in [3.63, 3.8) is 0 Å². The van der Waals surface area contributed by atoms with Gasteiger partial charge in [0, 0.05) is 5.56 Å². The van der Waals surface area contributed by atoms with Crippen LogP contribution in [0.25, 0.3) is 0 Å². The summed E-state index contributed by atoms with van der Waals surface area (Å²) in [7, 11) is 0. The molecule has 0 aliphatic rings. The molecule has 0 N–H and O–H groups in total. The van der Waals surface area contributed by atoms with E-state index in [0.29, 0.717) is 0 Å². The molecule has 1 nitrogen and oxygen atoms in total. The third kappa shape index (κ3) is 1.49. The first kappa shape index (κ1) is 8.84. The molecule has 12 heavy (non-hydrogen) atoms. The van der Waals surface area contributed by atoms with Gasteiger partial charge in [-0.3, -0.25) is 4.79 Å². The number of benzene rings is 1. The van der Waals surface area contributed by atoms with Gasteiger partial charge in [0.1, 0.15) is 11.6 Å². The minimum Gasteiger partial charge on any atom is -0.290 e. The van der Waals surface area contributed by atoms with Gasteiger partial charge in [-0.05, 0) is 12.1 Å². The van der Waals surface area contributed by atoms with Crippen LogP contribution in [0.5, 0.6) is 0 Å². The lowest BCUT2D eigenvalue weighted by Gasteiger charge is -2.05. The van der Waals surface area contributed by atoms with Gasteiger partial charge < -0.3 is 0 Å². The molecule has 1 atom stereocenters. The van der Waals surface area contributed by atoms with Gasteiger partial charge in [0.2, 0.25) is 6.29 Å². The zero-order valence-electron chi connectivity index (χ0n) is 6.47. The van der Waals surface area contributed by atoms with E-state index in [1.165, 1.54) is 19.3 Å². The lowest BCUT2D eigenvalue weighted by atomic mass is 10.0. The maximum absolute atomic E-state index is 12.9. The molecular formula is C9H7F2O. The minimum atomic E-state index is -0.855. The number of carbonyl (C=O) groups excluding carboxylic acids is 1. The Morgan fingerprint density at radius 2 is 1.83 bits per heavy atom. The van der Waals surface area contributed by atoms with Crippen LogP contribution in [0.2, 0.25) is 0 Å². The normalized spacial score (nSPS) is 12.6. The predicted molar refractivity (Wildman–Crippen MR) is 40.5 cm³/mol. The van der Waals surface area contributed by atoms with Gasteiger partial charge in [-0.2, -0.15) is 0 Å². The SMILES string of the molecule is CC([C]=O)c1c(F)cccc1F. The summed E-state index contributed by atoms with van der Waals surface area (Å²) >= 11 is 0. The van der Waals surface area contributed by atoms with Crippen molar-refractivity contribution in [3.8, 4) is 0 Å². The molecule has 0 amide bonds. The Labute approximate surface area is 69.0 Å². The molecule has 1 aromatic rings. The highest BCUT2D eigenvalue weighted by Crippen LogP contribution is 2.20. The Balaban J connectivity index is 3.20. The molecule has 0 aliphatic carbocycles. The van der Waals surface area contributed by atoms with Crippen LogP contribution < -0.4 is 0 Å². The van der Waals surface area contributed by atoms with Gasteiger partial charge in [0.05, 0.1) is 5.92 Å². The third-order valence-corrected chi connectivity index (χ3v) is 1.61. The van der Waals surface area contributed by atoms with E-state index in [1.54, 1.807) is 0 Å². The monoisotopic (exact) mass is 169 g/mol. The number of hydrogen-bond acceptors (Lipinski definition) is 1. The Morgan fingerprint density at radius 1 is 1.33 bits per heavy atom. The van der Waals surface area contributed by atoms with Gasteiger partial charge in [-0.25, -0.2) is 8.78 Å². The van der Waals surface area contributed by atoms with E-state index in [9.17, 15) is 13.6 Å². The van der Waals surface area contributed by atoms with Crippen LogP contribution in [0.4, 0.5) is 8.78 Å². The molecule has 63 valence electrons. The maximum atomic E-state index is 12.9. The van der Waals surface area contributed by atoms with Crippen molar-refractivity contribution in [2.75, 3.05) is 0 Å². The standard InChI is InChI=1S/C9H7F2O/c1-6(5-12)9-7(10)3-2-4-8(9)11/h2-4,6H,1H3. The van der Waals surface area contributed by atoms with Crippen molar-refractivity contribution in [1.29, 1.82) is 0 Å². The molecule has 0 spiro atoms. The van der Waals surface area contributed by atoms with E-state index >= 15 is 0 Å². The zero-order chi connectivity index (χ0) is 9.14. The van der Waals surface area contributed by atoms with Crippen molar-refractivity contribution < 1.29 is 13.6 Å². The molecule has 0 bridgehead atoms. The highest BCUT2D eigenvalue weighted by Gasteiger charge is 2.15. The molecular weight excluding hydrogens is 162 g/mol. The van der Waals surface area contributed by atoms with Crippen LogP contribution in [-0.2, 0) is 4.79 Å². The van der Waals surface area contributed by atoms with Crippen LogP contribution in [0.3, 0.4) is 0 Å². The first-order valence-corrected chi connectivity index (χ1v) is 3.48. The van der Waals surface area contributed by atoms with E-state index in [2.05, 4.69) is 0 Å². The van der Waals surface area contributed by atoms with Crippen molar-refractivity contribution in [1.82, 2.24) is 0 Å². The summed E-state index contributed by atoms with van der Waals surface area (Å²) in [6, 6.07) is 3.49. The van der Waals surface area contributed by atoms with Crippen LogP contribution in [0.15, 0.2) is 18.2 Å². The van der Waals surface area contributed by atoms with Gasteiger partial charge >= 0.3 is 0 Å².